The number of likely N-dealkylation sites (N-methyl/N-ethyl adjacent to an activating group) is 2. The predicted molar refractivity (Wildman–Crippen MR) is 113 cm³/mol. The molecule has 2 nitrogen and oxygen atoms in total. The van der Waals surface area contributed by atoms with Gasteiger partial charge < -0.3 is 8.97 Å². The van der Waals surface area contributed by atoms with E-state index < -0.39 is 0 Å². The van der Waals surface area contributed by atoms with E-state index in [1.807, 2.05) is 0 Å². The summed E-state index contributed by atoms with van der Waals surface area (Å²) < 4.78 is 2.36. The zero-order valence-electron chi connectivity index (χ0n) is 17.3. The van der Waals surface area contributed by atoms with Crippen molar-refractivity contribution in [1.29, 1.82) is 0 Å². The van der Waals surface area contributed by atoms with Crippen molar-refractivity contribution in [3.8, 4) is 0 Å². The molecule has 0 aliphatic heterocycles. The van der Waals surface area contributed by atoms with Gasteiger partial charge in [-0.1, -0.05) is 60.7 Å². The molecule has 26 heavy (non-hydrogen) atoms. The summed E-state index contributed by atoms with van der Waals surface area (Å²) in [5, 5.41) is 0. The molecule has 2 rings (SSSR count). The Balaban J connectivity index is 2.13. The lowest BCUT2D eigenvalue weighted by atomic mass is 10.1. The molecule has 0 aliphatic rings. The fourth-order valence-corrected chi connectivity index (χ4v) is 4.05. The summed E-state index contributed by atoms with van der Waals surface area (Å²) in [5.41, 5.74) is 2.93. The minimum Gasteiger partial charge on any atom is -0.316 e. The molecule has 0 heterocycles. The van der Waals surface area contributed by atoms with Crippen molar-refractivity contribution >= 4 is 0 Å². The maximum atomic E-state index is 2.36. The maximum Gasteiger partial charge on any atom is 0.129 e. The summed E-state index contributed by atoms with van der Waals surface area (Å²) in [7, 11) is 0. The maximum absolute atomic E-state index is 2.36. The lowest BCUT2D eigenvalue weighted by Gasteiger charge is -2.42. The van der Waals surface area contributed by atoms with Crippen molar-refractivity contribution < 1.29 is 8.97 Å². The highest BCUT2D eigenvalue weighted by atomic mass is 15.4. The first-order valence-electron chi connectivity index (χ1n) is 10.4. The monoisotopic (exact) mass is 354 g/mol. The van der Waals surface area contributed by atoms with Crippen LogP contribution in [0.15, 0.2) is 60.7 Å². The molecule has 142 valence electrons. The first-order valence-corrected chi connectivity index (χ1v) is 10.4. The van der Waals surface area contributed by atoms with E-state index in [1.165, 1.54) is 59.4 Å². The Bertz CT molecular complexity index is 556. The van der Waals surface area contributed by atoms with Gasteiger partial charge in [0.1, 0.15) is 26.2 Å². The van der Waals surface area contributed by atoms with Crippen LogP contribution in [0.2, 0.25) is 0 Å². The van der Waals surface area contributed by atoms with E-state index in [4.69, 9.17) is 0 Å². The summed E-state index contributed by atoms with van der Waals surface area (Å²) in [5.74, 6) is 0. The second-order valence-electron chi connectivity index (χ2n) is 7.68. The Morgan fingerprint density at radius 2 is 0.808 bits per heavy atom. The van der Waals surface area contributed by atoms with Crippen LogP contribution in [0.3, 0.4) is 0 Å². The first-order chi connectivity index (χ1) is 12.6. The second kappa shape index (κ2) is 9.89. The van der Waals surface area contributed by atoms with Crippen LogP contribution in [0.5, 0.6) is 0 Å². The Hall–Kier alpha value is -1.64. The van der Waals surface area contributed by atoms with Crippen LogP contribution in [0.25, 0.3) is 0 Å². The fraction of sp³-hybridized carbons (Fsp3) is 0.500. The molecular weight excluding hydrogens is 316 g/mol. The van der Waals surface area contributed by atoms with E-state index >= 15 is 0 Å². The Morgan fingerprint density at radius 3 is 1.08 bits per heavy atom. The van der Waals surface area contributed by atoms with E-state index in [9.17, 15) is 0 Å². The highest BCUT2D eigenvalue weighted by Crippen LogP contribution is 2.19. The largest absolute Gasteiger partial charge is 0.316 e. The third-order valence-electron chi connectivity index (χ3n) is 6.45. The molecule has 0 unspecified atom stereocenters. The fourth-order valence-electron chi connectivity index (χ4n) is 4.05. The lowest BCUT2D eigenvalue weighted by Crippen LogP contribution is -2.56. The number of benzene rings is 2. The first kappa shape index (κ1) is 20.7. The summed E-state index contributed by atoms with van der Waals surface area (Å²) in [6, 6.07) is 22.0. The van der Waals surface area contributed by atoms with Crippen molar-refractivity contribution in [2.75, 3.05) is 39.3 Å². The molecule has 0 aliphatic carbocycles. The molecule has 0 amide bonds. The molecule has 2 aromatic carbocycles. The summed E-state index contributed by atoms with van der Waals surface area (Å²) in [6.07, 6.45) is 0. The average Bonchev–Trinajstić information content (AvgIpc) is 2.71. The molecule has 0 saturated carbocycles. The van der Waals surface area contributed by atoms with Gasteiger partial charge in [0.05, 0.1) is 26.2 Å². The molecule has 2 aromatic rings. The SMILES string of the molecule is CC[N+](CC)(CC[N+](CC)(CC)Cc1ccccc1)Cc1ccccc1. The van der Waals surface area contributed by atoms with Gasteiger partial charge >= 0.3 is 0 Å². The van der Waals surface area contributed by atoms with E-state index in [-0.39, 0.29) is 0 Å². The molecule has 0 fully saturated rings. The molecule has 0 atom stereocenters. The third kappa shape index (κ3) is 5.43. The Kier molecular flexibility index (Phi) is 7.86. The van der Waals surface area contributed by atoms with Crippen molar-refractivity contribution in [2.24, 2.45) is 0 Å². The zero-order chi connectivity index (χ0) is 18.9. The van der Waals surface area contributed by atoms with E-state index in [0.29, 0.717) is 0 Å². The third-order valence-corrected chi connectivity index (χ3v) is 6.45. The highest BCUT2D eigenvalue weighted by Gasteiger charge is 2.31. The van der Waals surface area contributed by atoms with Gasteiger partial charge in [-0.25, -0.2) is 0 Å². The van der Waals surface area contributed by atoms with Crippen molar-refractivity contribution in [3.63, 3.8) is 0 Å². The normalized spacial score (nSPS) is 12.3. The summed E-state index contributed by atoms with van der Waals surface area (Å²) in [6.45, 7) is 19.0. The molecule has 0 spiro atoms. The van der Waals surface area contributed by atoms with Crippen LogP contribution in [-0.2, 0) is 13.1 Å². The highest BCUT2D eigenvalue weighted by molar-refractivity contribution is 5.14. The predicted octanol–water partition coefficient (Wildman–Crippen LogP) is 5.10. The van der Waals surface area contributed by atoms with Gasteiger partial charge in [0.25, 0.3) is 0 Å². The van der Waals surface area contributed by atoms with Gasteiger partial charge in [-0.05, 0) is 27.7 Å². The van der Waals surface area contributed by atoms with Crippen LogP contribution in [0, 0.1) is 0 Å². The smallest absolute Gasteiger partial charge is 0.129 e. The van der Waals surface area contributed by atoms with Gasteiger partial charge in [0.15, 0.2) is 0 Å². The molecule has 0 bridgehead atoms. The topological polar surface area (TPSA) is 0 Å². The lowest BCUT2D eigenvalue weighted by molar-refractivity contribution is -0.990. The number of rotatable bonds is 11. The van der Waals surface area contributed by atoms with Gasteiger partial charge in [-0.15, -0.1) is 0 Å². The van der Waals surface area contributed by atoms with Gasteiger partial charge in [-0.2, -0.15) is 0 Å². The standard InChI is InChI=1S/C24H38N2/c1-5-25(6-2,21-23-15-11-9-12-16-23)19-20-26(7-3,8-4)22-24-17-13-10-14-18-24/h9-18H,5-8,19-22H2,1-4H3/q+2. The van der Waals surface area contributed by atoms with Crippen LogP contribution in [0.1, 0.15) is 38.8 Å². The van der Waals surface area contributed by atoms with Crippen LogP contribution in [-0.4, -0.2) is 48.2 Å². The Labute approximate surface area is 161 Å². The van der Waals surface area contributed by atoms with Crippen LogP contribution >= 0.6 is 0 Å². The molecule has 0 N–H and O–H groups in total. The summed E-state index contributed by atoms with van der Waals surface area (Å²) >= 11 is 0. The quantitative estimate of drug-likeness (QED) is 0.493. The van der Waals surface area contributed by atoms with E-state index in [1.54, 1.807) is 0 Å². The van der Waals surface area contributed by atoms with Crippen molar-refractivity contribution in [1.82, 2.24) is 0 Å². The van der Waals surface area contributed by atoms with Gasteiger partial charge in [0.2, 0.25) is 0 Å². The van der Waals surface area contributed by atoms with Crippen molar-refractivity contribution in [2.45, 2.75) is 40.8 Å². The minimum atomic E-state index is 1.15. The van der Waals surface area contributed by atoms with Crippen LogP contribution < -0.4 is 0 Å². The second-order valence-corrected chi connectivity index (χ2v) is 7.68. The van der Waals surface area contributed by atoms with E-state index in [0.717, 1.165) is 13.1 Å². The zero-order valence-corrected chi connectivity index (χ0v) is 17.3. The molecular formula is C24H38N2+2. The van der Waals surface area contributed by atoms with E-state index in [2.05, 4.69) is 88.4 Å². The van der Waals surface area contributed by atoms with Gasteiger partial charge in [0, 0.05) is 11.1 Å². The number of nitrogens with zero attached hydrogens (tertiary/aromatic N) is 2. The van der Waals surface area contributed by atoms with Crippen molar-refractivity contribution in [3.05, 3.63) is 71.8 Å². The molecule has 0 aromatic heterocycles. The molecule has 0 radical (unpaired) electrons. The number of quaternary nitrogens is 2. The number of hydrogen-bond donors (Lipinski definition) is 0. The Morgan fingerprint density at radius 1 is 0.500 bits per heavy atom. The number of hydrogen-bond acceptors (Lipinski definition) is 0. The average molecular weight is 355 g/mol. The summed E-state index contributed by atoms with van der Waals surface area (Å²) in [4.78, 5) is 0. The van der Waals surface area contributed by atoms with Gasteiger partial charge in [-0.3, -0.25) is 0 Å². The molecule has 2 heteroatoms. The minimum absolute atomic E-state index is 1.15. The van der Waals surface area contributed by atoms with Crippen LogP contribution in [0.4, 0.5) is 0 Å². The molecule has 0 saturated heterocycles.